The Hall–Kier alpha value is -2.18. The van der Waals surface area contributed by atoms with Crippen LogP contribution in [0.25, 0.3) is 0 Å². The molecular weight excluding hydrogens is 350 g/mol. The Labute approximate surface area is 154 Å². The van der Waals surface area contributed by atoms with Crippen molar-refractivity contribution in [3.63, 3.8) is 0 Å². The zero-order valence-corrected chi connectivity index (χ0v) is 15.6. The van der Waals surface area contributed by atoms with Gasteiger partial charge in [-0.3, -0.25) is 4.90 Å². The molecule has 0 amide bonds. The van der Waals surface area contributed by atoms with E-state index in [1.54, 1.807) is 24.3 Å². The van der Waals surface area contributed by atoms with Gasteiger partial charge in [-0.25, -0.2) is 13.2 Å². The van der Waals surface area contributed by atoms with E-state index < -0.39 is 15.8 Å². The number of likely N-dealkylation sites (tertiary alicyclic amines) is 1. The van der Waals surface area contributed by atoms with Gasteiger partial charge in [-0.2, -0.15) is 0 Å². The number of benzene rings is 2. The molecule has 0 aliphatic carbocycles. The third kappa shape index (κ3) is 4.51. The van der Waals surface area contributed by atoms with Gasteiger partial charge >= 0.3 is 5.97 Å². The Morgan fingerprint density at radius 1 is 1.15 bits per heavy atom. The molecule has 1 N–H and O–H groups in total. The first kappa shape index (κ1) is 18.6. The van der Waals surface area contributed by atoms with Gasteiger partial charge in [0, 0.05) is 19.3 Å². The SMILES string of the molecule is CS(=O)(=O)c1ccc(CN2CCC(Cc3ccccc3C(=O)O)C2)cc1. The van der Waals surface area contributed by atoms with Crippen LogP contribution in [0.1, 0.15) is 27.9 Å². The Kier molecular flexibility index (Phi) is 5.44. The first-order valence-corrected chi connectivity index (χ1v) is 10.5. The van der Waals surface area contributed by atoms with Crippen LogP contribution in [-0.2, 0) is 22.8 Å². The third-order valence-corrected chi connectivity index (χ3v) is 6.01. The highest BCUT2D eigenvalue weighted by molar-refractivity contribution is 7.90. The molecule has 1 unspecified atom stereocenters. The smallest absolute Gasteiger partial charge is 0.335 e. The predicted molar refractivity (Wildman–Crippen MR) is 100 cm³/mol. The van der Waals surface area contributed by atoms with Crippen LogP contribution >= 0.6 is 0 Å². The molecule has 0 bridgehead atoms. The highest BCUT2D eigenvalue weighted by Crippen LogP contribution is 2.24. The maximum atomic E-state index is 11.5. The third-order valence-electron chi connectivity index (χ3n) is 4.88. The number of carboxylic acids is 1. The average molecular weight is 373 g/mol. The summed E-state index contributed by atoms with van der Waals surface area (Å²) < 4.78 is 23.1. The topological polar surface area (TPSA) is 74.7 Å². The molecule has 1 saturated heterocycles. The summed E-state index contributed by atoms with van der Waals surface area (Å²) in [6.45, 7) is 2.66. The van der Waals surface area contributed by atoms with E-state index >= 15 is 0 Å². The lowest BCUT2D eigenvalue weighted by molar-refractivity contribution is 0.0695. The van der Waals surface area contributed by atoms with Crippen molar-refractivity contribution in [2.24, 2.45) is 5.92 Å². The van der Waals surface area contributed by atoms with Crippen LogP contribution in [-0.4, -0.2) is 43.7 Å². The maximum absolute atomic E-state index is 11.5. The molecule has 2 aromatic carbocycles. The van der Waals surface area contributed by atoms with E-state index in [0.29, 0.717) is 16.4 Å². The van der Waals surface area contributed by atoms with E-state index in [4.69, 9.17) is 0 Å². The lowest BCUT2D eigenvalue weighted by Crippen LogP contribution is -2.21. The second kappa shape index (κ2) is 7.60. The second-order valence-electron chi connectivity index (χ2n) is 6.97. The molecule has 2 aromatic rings. The number of hydrogen-bond acceptors (Lipinski definition) is 4. The monoisotopic (exact) mass is 373 g/mol. The minimum atomic E-state index is -3.16. The summed E-state index contributed by atoms with van der Waals surface area (Å²) in [5.41, 5.74) is 2.37. The molecular formula is C20H23NO4S. The number of rotatable bonds is 6. The Morgan fingerprint density at radius 2 is 1.85 bits per heavy atom. The van der Waals surface area contributed by atoms with Crippen LogP contribution in [0.3, 0.4) is 0 Å². The number of nitrogens with zero attached hydrogens (tertiary/aromatic N) is 1. The molecule has 26 heavy (non-hydrogen) atoms. The van der Waals surface area contributed by atoms with Gasteiger partial charge in [-0.05, 0) is 54.6 Å². The van der Waals surface area contributed by atoms with E-state index in [0.717, 1.165) is 43.6 Å². The van der Waals surface area contributed by atoms with Crippen LogP contribution in [0.2, 0.25) is 0 Å². The van der Waals surface area contributed by atoms with Crippen molar-refractivity contribution in [3.05, 3.63) is 65.2 Å². The lowest BCUT2D eigenvalue weighted by atomic mass is 9.95. The number of hydrogen-bond donors (Lipinski definition) is 1. The zero-order valence-electron chi connectivity index (χ0n) is 14.8. The molecule has 6 heteroatoms. The number of sulfone groups is 1. The van der Waals surface area contributed by atoms with Gasteiger partial charge in [-0.1, -0.05) is 30.3 Å². The summed E-state index contributed by atoms with van der Waals surface area (Å²) in [5, 5.41) is 9.31. The van der Waals surface area contributed by atoms with Crippen molar-refractivity contribution >= 4 is 15.8 Å². The van der Waals surface area contributed by atoms with Crippen molar-refractivity contribution in [2.45, 2.75) is 24.3 Å². The van der Waals surface area contributed by atoms with E-state index in [9.17, 15) is 18.3 Å². The maximum Gasteiger partial charge on any atom is 0.335 e. The van der Waals surface area contributed by atoms with Crippen LogP contribution in [0.5, 0.6) is 0 Å². The zero-order chi connectivity index (χ0) is 18.7. The van der Waals surface area contributed by atoms with E-state index in [2.05, 4.69) is 4.90 Å². The minimum Gasteiger partial charge on any atom is -0.478 e. The fourth-order valence-corrected chi connectivity index (χ4v) is 4.17. The van der Waals surface area contributed by atoms with Gasteiger partial charge in [0.2, 0.25) is 0 Å². The molecule has 0 saturated carbocycles. The second-order valence-corrected chi connectivity index (χ2v) is 8.99. The Morgan fingerprint density at radius 3 is 2.50 bits per heavy atom. The first-order valence-electron chi connectivity index (χ1n) is 8.65. The van der Waals surface area contributed by atoms with Gasteiger partial charge < -0.3 is 5.11 Å². The molecule has 5 nitrogen and oxygen atoms in total. The summed E-state index contributed by atoms with van der Waals surface area (Å²) in [4.78, 5) is 14.0. The van der Waals surface area contributed by atoms with E-state index in [1.807, 2.05) is 24.3 Å². The summed E-state index contributed by atoms with van der Waals surface area (Å²) in [7, 11) is -3.16. The molecule has 1 atom stereocenters. The van der Waals surface area contributed by atoms with E-state index in [-0.39, 0.29) is 0 Å². The molecule has 1 heterocycles. The summed E-state index contributed by atoms with van der Waals surface area (Å²) >= 11 is 0. The van der Waals surface area contributed by atoms with Crippen molar-refractivity contribution in [1.29, 1.82) is 0 Å². The van der Waals surface area contributed by atoms with Crippen molar-refractivity contribution in [3.8, 4) is 0 Å². The van der Waals surface area contributed by atoms with Gasteiger partial charge in [-0.15, -0.1) is 0 Å². The summed E-state index contributed by atoms with van der Waals surface area (Å²) in [6.07, 6.45) is 3.02. The number of aromatic carboxylic acids is 1. The van der Waals surface area contributed by atoms with Crippen LogP contribution in [0.4, 0.5) is 0 Å². The molecule has 1 fully saturated rings. The largest absolute Gasteiger partial charge is 0.478 e. The van der Waals surface area contributed by atoms with Gasteiger partial charge in [0.15, 0.2) is 9.84 Å². The number of carboxylic acid groups (broad SMARTS) is 1. The molecule has 1 aliphatic rings. The molecule has 0 radical (unpaired) electrons. The van der Waals surface area contributed by atoms with Crippen molar-refractivity contribution in [1.82, 2.24) is 4.90 Å². The van der Waals surface area contributed by atoms with E-state index in [1.165, 1.54) is 6.26 Å². The van der Waals surface area contributed by atoms with Crippen molar-refractivity contribution < 1.29 is 18.3 Å². The van der Waals surface area contributed by atoms with Crippen molar-refractivity contribution in [2.75, 3.05) is 19.3 Å². The normalized spacial score (nSPS) is 18.1. The standard InChI is InChI=1S/C20H23NO4S/c1-26(24,25)18-8-6-15(7-9-18)13-21-11-10-16(14-21)12-17-4-2-3-5-19(17)20(22)23/h2-9,16H,10-14H2,1H3,(H,22,23). The number of carbonyl (C=O) groups is 1. The van der Waals surface area contributed by atoms with Crippen LogP contribution in [0.15, 0.2) is 53.4 Å². The summed E-state index contributed by atoms with van der Waals surface area (Å²) in [5.74, 6) is -0.438. The van der Waals surface area contributed by atoms with Gasteiger partial charge in [0.1, 0.15) is 0 Å². The highest BCUT2D eigenvalue weighted by atomic mass is 32.2. The molecule has 0 spiro atoms. The van der Waals surface area contributed by atoms with Gasteiger partial charge in [0.05, 0.1) is 10.5 Å². The Balaban J connectivity index is 1.60. The Bertz CT molecular complexity index is 890. The molecule has 1 aliphatic heterocycles. The fourth-order valence-electron chi connectivity index (χ4n) is 3.54. The lowest BCUT2D eigenvalue weighted by Gasteiger charge is -2.17. The molecule has 138 valence electrons. The van der Waals surface area contributed by atoms with Crippen LogP contribution < -0.4 is 0 Å². The molecule has 0 aromatic heterocycles. The quantitative estimate of drug-likeness (QED) is 0.843. The minimum absolute atomic E-state index is 0.339. The predicted octanol–water partition coefficient (Wildman–Crippen LogP) is 2.85. The summed E-state index contributed by atoms with van der Waals surface area (Å²) in [6, 6.07) is 14.2. The highest BCUT2D eigenvalue weighted by Gasteiger charge is 2.24. The fraction of sp³-hybridized carbons (Fsp3) is 0.350. The molecule has 3 rings (SSSR count). The first-order chi connectivity index (χ1) is 12.3. The average Bonchev–Trinajstić information content (AvgIpc) is 3.02. The van der Waals surface area contributed by atoms with Gasteiger partial charge in [0.25, 0.3) is 0 Å². The van der Waals surface area contributed by atoms with Crippen LogP contribution in [0, 0.1) is 5.92 Å².